The van der Waals surface area contributed by atoms with Crippen LogP contribution in [0.2, 0.25) is 0 Å². The Morgan fingerprint density at radius 2 is 0.939 bits per heavy atom. The molecule has 0 heteroatoms. The Hall–Kier alpha value is -5.98. The molecule has 0 fully saturated rings. The van der Waals surface area contributed by atoms with Gasteiger partial charge in [0.1, 0.15) is 0 Å². The lowest BCUT2D eigenvalue weighted by molar-refractivity contribution is 0.661. The molecule has 0 saturated carbocycles. The highest BCUT2D eigenvalue weighted by molar-refractivity contribution is 6.27. The molecule has 0 nitrogen and oxygen atoms in total. The first kappa shape index (κ1) is 28.1. The Morgan fingerprint density at radius 1 is 0.327 bits per heavy atom. The second-order valence-corrected chi connectivity index (χ2v) is 14.1. The molecule has 0 aliphatic heterocycles. The molecule has 9 aromatic rings. The average molecular weight is 623 g/mol. The summed E-state index contributed by atoms with van der Waals surface area (Å²) in [5.41, 5.74) is 13.1. The molecule has 0 atom stereocenters. The minimum atomic E-state index is -0.0104. The van der Waals surface area contributed by atoms with Crippen molar-refractivity contribution in [3.05, 3.63) is 181 Å². The second kappa shape index (κ2) is 10.5. The van der Waals surface area contributed by atoms with E-state index in [1.165, 1.54) is 98.7 Å². The molecular weight excluding hydrogens is 589 g/mol. The van der Waals surface area contributed by atoms with Gasteiger partial charge < -0.3 is 0 Å². The molecule has 0 aromatic heterocycles. The molecular formula is C49H34. The molecule has 1 aliphatic rings. The van der Waals surface area contributed by atoms with Crippen molar-refractivity contribution in [1.29, 1.82) is 0 Å². The smallest absolute Gasteiger partial charge is 0.0159 e. The molecule has 0 radical (unpaired) electrons. The molecule has 230 valence electrons. The predicted octanol–water partition coefficient (Wildman–Crippen LogP) is 13.6. The maximum Gasteiger partial charge on any atom is 0.0159 e. The molecule has 0 N–H and O–H groups in total. The van der Waals surface area contributed by atoms with Crippen LogP contribution in [0.4, 0.5) is 0 Å². The van der Waals surface area contributed by atoms with Gasteiger partial charge in [0.2, 0.25) is 0 Å². The summed E-state index contributed by atoms with van der Waals surface area (Å²) in [5.74, 6) is 0. The van der Waals surface area contributed by atoms with Crippen molar-refractivity contribution < 1.29 is 0 Å². The third kappa shape index (κ3) is 4.17. The Kier molecular flexibility index (Phi) is 6.02. The van der Waals surface area contributed by atoms with Crippen LogP contribution in [0.1, 0.15) is 25.0 Å². The lowest BCUT2D eigenvalue weighted by Gasteiger charge is -2.21. The fourth-order valence-corrected chi connectivity index (χ4v) is 8.62. The van der Waals surface area contributed by atoms with Gasteiger partial charge in [0.15, 0.2) is 0 Å². The Bertz CT molecular complexity index is 2760. The third-order valence-corrected chi connectivity index (χ3v) is 11.0. The van der Waals surface area contributed by atoms with E-state index >= 15 is 0 Å². The van der Waals surface area contributed by atoms with E-state index in [-0.39, 0.29) is 5.41 Å². The van der Waals surface area contributed by atoms with E-state index in [4.69, 9.17) is 0 Å². The van der Waals surface area contributed by atoms with E-state index in [2.05, 4.69) is 184 Å². The van der Waals surface area contributed by atoms with E-state index < -0.39 is 0 Å². The Balaban J connectivity index is 1.15. The molecule has 0 unspecified atom stereocenters. The first-order valence-electron chi connectivity index (χ1n) is 17.3. The van der Waals surface area contributed by atoms with E-state index in [0.717, 1.165) is 0 Å². The van der Waals surface area contributed by atoms with Crippen LogP contribution in [0.5, 0.6) is 0 Å². The fraction of sp³-hybridized carbons (Fsp3) is 0.0612. The third-order valence-electron chi connectivity index (χ3n) is 11.0. The summed E-state index contributed by atoms with van der Waals surface area (Å²) in [6.07, 6.45) is 0. The topological polar surface area (TPSA) is 0 Å². The SMILES string of the molecule is CC1(C)c2ccccc2-c2cc3ccc(-c4ccc(-c5c6ccccc6c(-c6ccccc6)c6ccc7ccccc7c56)cc4)cc3cc21. The maximum atomic E-state index is 2.43. The van der Waals surface area contributed by atoms with Gasteiger partial charge in [0.05, 0.1) is 0 Å². The highest BCUT2D eigenvalue weighted by Gasteiger charge is 2.35. The molecule has 1 aliphatic carbocycles. The molecule has 9 aromatic carbocycles. The molecule has 0 amide bonds. The largest absolute Gasteiger partial charge is 0.0622 e. The molecule has 49 heavy (non-hydrogen) atoms. The first-order chi connectivity index (χ1) is 24.1. The van der Waals surface area contributed by atoms with Crippen molar-refractivity contribution in [1.82, 2.24) is 0 Å². The van der Waals surface area contributed by atoms with Crippen LogP contribution in [0.25, 0.3) is 87.6 Å². The van der Waals surface area contributed by atoms with Gasteiger partial charge in [-0.05, 0) is 117 Å². The zero-order valence-electron chi connectivity index (χ0n) is 27.7. The Morgan fingerprint density at radius 3 is 1.76 bits per heavy atom. The summed E-state index contributed by atoms with van der Waals surface area (Å²) >= 11 is 0. The molecule has 0 heterocycles. The summed E-state index contributed by atoms with van der Waals surface area (Å²) in [6.45, 7) is 4.71. The van der Waals surface area contributed by atoms with Gasteiger partial charge in [-0.1, -0.05) is 166 Å². The zero-order valence-corrected chi connectivity index (χ0v) is 27.7. The highest BCUT2D eigenvalue weighted by Crippen LogP contribution is 2.50. The van der Waals surface area contributed by atoms with Gasteiger partial charge in [-0.3, -0.25) is 0 Å². The standard InChI is InChI=1S/C49H34/c1-49(2)44-19-11-10-16-39(44)43-29-36-25-24-35(28-37(36)30-45(43)49)31-20-22-34(23-21-31)47-41-18-9-8-17-40(41)46(33-13-4-3-5-14-33)42-27-26-32-12-6-7-15-38(32)48(42)47/h3-30H,1-2H3. The number of hydrogen-bond donors (Lipinski definition) is 0. The second-order valence-electron chi connectivity index (χ2n) is 14.1. The summed E-state index contributed by atoms with van der Waals surface area (Å²) in [7, 11) is 0. The van der Waals surface area contributed by atoms with Crippen LogP contribution in [-0.4, -0.2) is 0 Å². The zero-order chi connectivity index (χ0) is 32.7. The molecule has 0 saturated heterocycles. The lowest BCUT2D eigenvalue weighted by atomic mass is 9.82. The summed E-state index contributed by atoms with van der Waals surface area (Å²) in [5, 5.41) is 10.3. The monoisotopic (exact) mass is 622 g/mol. The van der Waals surface area contributed by atoms with Crippen molar-refractivity contribution in [2.75, 3.05) is 0 Å². The summed E-state index contributed by atoms with van der Waals surface area (Å²) in [6, 6.07) is 63.1. The number of benzene rings is 9. The first-order valence-corrected chi connectivity index (χ1v) is 17.3. The minimum absolute atomic E-state index is 0.0104. The molecule has 10 rings (SSSR count). The number of fused-ring (bicyclic) bond motifs is 8. The van der Waals surface area contributed by atoms with Gasteiger partial charge in [-0.15, -0.1) is 0 Å². The van der Waals surface area contributed by atoms with Crippen LogP contribution in [0.3, 0.4) is 0 Å². The van der Waals surface area contributed by atoms with E-state index in [9.17, 15) is 0 Å². The van der Waals surface area contributed by atoms with Crippen LogP contribution in [0.15, 0.2) is 170 Å². The molecule has 0 bridgehead atoms. The van der Waals surface area contributed by atoms with Crippen molar-refractivity contribution in [2.45, 2.75) is 19.3 Å². The van der Waals surface area contributed by atoms with Crippen LogP contribution in [0, 0.1) is 0 Å². The van der Waals surface area contributed by atoms with Crippen molar-refractivity contribution >= 4 is 43.1 Å². The van der Waals surface area contributed by atoms with E-state index in [1.54, 1.807) is 0 Å². The van der Waals surface area contributed by atoms with Gasteiger partial charge in [0, 0.05) is 5.41 Å². The van der Waals surface area contributed by atoms with Crippen molar-refractivity contribution in [2.24, 2.45) is 0 Å². The normalized spacial score (nSPS) is 13.3. The lowest BCUT2D eigenvalue weighted by Crippen LogP contribution is -2.14. The summed E-state index contributed by atoms with van der Waals surface area (Å²) < 4.78 is 0. The average Bonchev–Trinajstić information content (AvgIpc) is 3.38. The van der Waals surface area contributed by atoms with Crippen molar-refractivity contribution in [3.63, 3.8) is 0 Å². The van der Waals surface area contributed by atoms with Crippen molar-refractivity contribution in [3.8, 4) is 44.5 Å². The highest BCUT2D eigenvalue weighted by atomic mass is 14.4. The number of hydrogen-bond acceptors (Lipinski definition) is 0. The molecule has 0 spiro atoms. The maximum absolute atomic E-state index is 2.43. The Labute approximate surface area is 286 Å². The minimum Gasteiger partial charge on any atom is -0.0622 e. The van der Waals surface area contributed by atoms with Crippen LogP contribution >= 0.6 is 0 Å². The fourth-order valence-electron chi connectivity index (χ4n) is 8.62. The van der Waals surface area contributed by atoms with Crippen LogP contribution in [-0.2, 0) is 5.41 Å². The van der Waals surface area contributed by atoms with Crippen LogP contribution < -0.4 is 0 Å². The van der Waals surface area contributed by atoms with E-state index in [1.807, 2.05) is 0 Å². The van der Waals surface area contributed by atoms with E-state index in [0.29, 0.717) is 0 Å². The van der Waals surface area contributed by atoms with Gasteiger partial charge >= 0.3 is 0 Å². The summed E-state index contributed by atoms with van der Waals surface area (Å²) in [4.78, 5) is 0. The quantitative estimate of drug-likeness (QED) is 0.136. The number of rotatable bonds is 3. The predicted molar refractivity (Wildman–Crippen MR) is 210 cm³/mol. The van der Waals surface area contributed by atoms with Gasteiger partial charge in [-0.2, -0.15) is 0 Å². The van der Waals surface area contributed by atoms with Gasteiger partial charge in [0.25, 0.3) is 0 Å². The van der Waals surface area contributed by atoms with Gasteiger partial charge in [-0.25, -0.2) is 0 Å².